The Morgan fingerprint density at radius 2 is 1.96 bits per heavy atom. The molecular weight excluding hydrogens is 632 g/mol. The largest absolute Gasteiger partial charge is 0.489 e. The summed E-state index contributed by atoms with van der Waals surface area (Å²) in [4.78, 5) is 34.8. The molecule has 1 fully saturated rings. The number of ether oxygens (including phenoxy) is 2. The van der Waals surface area contributed by atoms with Gasteiger partial charge in [0.15, 0.2) is 17.4 Å². The molecule has 1 aliphatic carbocycles. The van der Waals surface area contributed by atoms with Crippen LogP contribution in [0.3, 0.4) is 0 Å². The van der Waals surface area contributed by atoms with E-state index in [0.29, 0.717) is 18.2 Å². The number of rotatable bonds is 9. The Morgan fingerprint density at radius 1 is 1.22 bits per heavy atom. The first-order valence-corrected chi connectivity index (χ1v) is 14.6. The van der Waals surface area contributed by atoms with Crippen LogP contribution in [0, 0.1) is 24.5 Å². The van der Waals surface area contributed by atoms with E-state index in [0.717, 1.165) is 23.8 Å². The molecule has 1 saturated carbocycles. The van der Waals surface area contributed by atoms with E-state index in [1.165, 1.54) is 18.3 Å². The minimum Gasteiger partial charge on any atom is -0.489 e. The molecule has 9 nitrogen and oxygen atoms in total. The predicted molar refractivity (Wildman–Crippen MR) is 159 cm³/mol. The lowest BCUT2D eigenvalue weighted by Crippen LogP contribution is -2.44. The fraction of sp³-hybridized carbons (Fsp3) is 0.312. The Labute approximate surface area is 264 Å². The number of amides is 2. The average Bonchev–Trinajstić information content (AvgIpc) is 3.81. The number of aliphatic hydroxyl groups is 1. The van der Waals surface area contributed by atoms with Crippen molar-refractivity contribution < 1.29 is 41.7 Å². The van der Waals surface area contributed by atoms with E-state index in [1.807, 2.05) is 0 Å². The minimum atomic E-state index is -3.16. The first-order chi connectivity index (χ1) is 21.7. The van der Waals surface area contributed by atoms with Crippen LogP contribution >= 0.6 is 11.6 Å². The molecule has 4 aromatic rings. The van der Waals surface area contributed by atoms with Crippen molar-refractivity contribution in [2.45, 2.75) is 44.3 Å². The highest BCUT2D eigenvalue weighted by molar-refractivity contribution is 6.31. The Morgan fingerprint density at radius 3 is 2.61 bits per heavy atom. The molecule has 2 aromatic heterocycles. The highest BCUT2D eigenvalue weighted by atomic mass is 35.5. The number of nitrogens with zero attached hydrogens (tertiary/aromatic N) is 2. The molecule has 1 aliphatic heterocycles. The predicted octanol–water partition coefficient (Wildman–Crippen LogP) is 5.30. The Hall–Kier alpha value is -4.49. The molecular formula is C32H27ClF4N4O5. The lowest BCUT2D eigenvalue weighted by molar-refractivity contribution is -0.123. The monoisotopic (exact) mass is 658 g/mol. The van der Waals surface area contributed by atoms with E-state index in [2.05, 4.69) is 20.0 Å². The van der Waals surface area contributed by atoms with Crippen molar-refractivity contribution in [3.05, 3.63) is 81.6 Å². The molecule has 6 rings (SSSR count). The molecule has 14 heteroatoms. The van der Waals surface area contributed by atoms with E-state index < -0.39 is 46.1 Å². The lowest BCUT2D eigenvalue weighted by Gasteiger charge is -2.30. The van der Waals surface area contributed by atoms with Gasteiger partial charge < -0.3 is 25.6 Å². The fourth-order valence-corrected chi connectivity index (χ4v) is 5.87. The van der Waals surface area contributed by atoms with Crippen molar-refractivity contribution in [3.63, 3.8) is 0 Å². The van der Waals surface area contributed by atoms with Gasteiger partial charge in [0.05, 0.1) is 17.3 Å². The number of carbonyl (C=O) groups is 2. The van der Waals surface area contributed by atoms with E-state index in [1.54, 1.807) is 19.9 Å². The van der Waals surface area contributed by atoms with Crippen LogP contribution in [-0.4, -0.2) is 46.7 Å². The van der Waals surface area contributed by atoms with Gasteiger partial charge in [-0.3, -0.25) is 14.6 Å². The number of alkyl halides is 2. The van der Waals surface area contributed by atoms with Gasteiger partial charge in [-0.2, -0.15) is 8.78 Å². The average molecular weight is 659 g/mol. The van der Waals surface area contributed by atoms with Crippen LogP contribution in [0.5, 0.6) is 11.5 Å². The van der Waals surface area contributed by atoms with Crippen molar-refractivity contribution >= 4 is 34.3 Å². The third kappa shape index (κ3) is 5.47. The summed E-state index contributed by atoms with van der Waals surface area (Å²) < 4.78 is 65.4. The van der Waals surface area contributed by atoms with Crippen molar-refractivity contribution in [1.82, 2.24) is 15.3 Å². The molecule has 2 aliphatic rings. The van der Waals surface area contributed by atoms with E-state index in [9.17, 15) is 32.3 Å². The Bertz CT molecular complexity index is 1900. The number of nitrogens with two attached hydrogens (primary N) is 1. The van der Waals surface area contributed by atoms with Crippen LogP contribution in [0.25, 0.3) is 22.2 Å². The van der Waals surface area contributed by atoms with Gasteiger partial charge >= 0.3 is 6.61 Å². The van der Waals surface area contributed by atoms with Crippen LogP contribution in [0.1, 0.15) is 46.9 Å². The Balaban J connectivity index is 1.41. The summed E-state index contributed by atoms with van der Waals surface area (Å²) in [6.07, 6.45) is 2.61. The van der Waals surface area contributed by atoms with Crippen LogP contribution < -0.4 is 20.5 Å². The first-order valence-electron chi connectivity index (χ1n) is 14.2. The minimum absolute atomic E-state index is 0.0166. The molecule has 3 heterocycles. The SMILES string of the molecule is Cc1cnc2c(OC(F)F)cc(C(=O)NCC(O)(c3cc4c(c(-c5cc(F)c(F)c(Cl)c5)n3)OC[C@]4(C)C(N)=O)C3CC3)cc2c1. The number of aromatic nitrogens is 2. The lowest BCUT2D eigenvalue weighted by atomic mass is 9.81. The number of fused-ring (bicyclic) bond motifs is 2. The molecule has 0 saturated heterocycles. The maximum absolute atomic E-state index is 14.5. The van der Waals surface area contributed by atoms with Crippen molar-refractivity contribution in [1.29, 1.82) is 0 Å². The molecule has 2 amide bonds. The molecule has 0 spiro atoms. The number of primary amides is 1. The standard InChI is InChI=1S/C32H27ClF4N4O5/c1-14-5-15-6-17(9-22(46-30(36)37)25(15)39-11-14)28(42)40-12-32(44,18-3-4-18)23-10-19-27(45-13-31(19,2)29(38)43)26(41-23)16-7-20(33)24(35)21(34)8-16/h5-11,18,30,44H,3-4,12-13H2,1-2H3,(H2,38,43)(H,40,42)/t31-,32?/m0/s1. The smallest absolute Gasteiger partial charge is 0.387 e. The first kappa shape index (κ1) is 31.5. The van der Waals surface area contributed by atoms with Crippen molar-refractivity contribution in [3.8, 4) is 22.8 Å². The zero-order valence-electron chi connectivity index (χ0n) is 24.5. The van der Waals surface area contributed by atoms with Crippen LogP contribution in [0.15, 0.2) is 42.6 Å². The second kappa shape index (κ2) is 11.4. The highest BCUT2D eigenvalue weighted by Crippen LogP contribution is 2.50. The number of benzene rings is 2. The maximum Gasteiger partial charge on any atom is 0.387 e. The van der Waals surface area contributed by atoms with Gasteiger partial charge in [0.1, 0.15) is 34.6 Å². The molecule has 4 N–H and O–H groups in total. The summed E-state index contributed by atoms with van der Waals surface area (Å²) in [5.74, 6) is -4.55. The number of nitrogens with one attached hydrogen (secondary N) is 1. The number of halogens is 5. The summed E-state index contributed by atoms with van der Waals surface area (Å²) in [5.41, 5.74) is 3.67. The van der Waals surface area contributed by atoms with Gasteiger partial charge in [-0.15, -0.1) is 0 Å². The molecule has 0 bridgehead atoms. The summed E-state index contributed by atoms with van der Waals surface area (Å²) in [7, 11) is 0. The van der Waals surface area contributed by atoms with Crippen LogP contribution in [0.4, 0.5) is 17.6 Å². The van der Waals surface area contributed by atoms with Gasteiger partial charge in [-0.05, 0) is 74.6 Å². The zero-order valence-corrected chi connectivity index (χ0v) is 25.2. The van der Waals surface area contributed by atoms with Gasteiger partial charge in [-0.1, -0.05) is 11.6 Å². The van der Waals surface area contributed by atoms with Crippen molar-refractivity contribution in [2.24, 2.45) is 11.7 Å². The molecule has 0 radical (unpaired) electrons. The summed E-state index contributed by atoms with van der Waals surface area (Å²) in [5, 5.41) is 14.7. The zero-order chi connectivity index (χ0) is 33.1. The van der Waals surface area contributed by atoms with E-state index >= 15 is 0 Å². The van der Waals surface area contributed by atoms with Crippen molar-refractivity contribution in [2.75, 3.05) is 13.2 Å². The van der Waals surface area contributed by atoms with Gasteiger partial charge in [0.25, 0.3) is 5.91 Å². The summed E-state index contributed by atoms with van der Waals surface area (Å²) in [6, 6.07) is 7.73. The summed E-state index contributed by atoms with van der Waals surface area (Å²) >= 11 is 5.93. The Kier molecular flexibility index (Phi) is 7.80. The van der Waals surface area contributed by atoms with E-state index in [4.69, 9.17) is 22.1 Å². The molecule has 46 heavy (non-hydrogen) atoms. The third-order valence-electron chi connectivity index (χ3n) is 8.45. The van der Waals surface area contributed by atoms with Gasteiger partial charge in [-0.25, -0.2) is 13.8 Å². The third-order valence-corrected chi connectivity index (χ3v) is 8.73. The van der Waals surface area contributed by atoms with E-state index in [-0.39, 0.29) is 64.2 Å². The second-order valence-corrected chi connectivity index (χ2v) is 12.2. The maximum atomic E-state index is 14.5. The van der Waals surface area contributed by atoms with Gasteiger partial charge in [0, 0.05) is 28.3 Å². The molecule has 240 valence electrons. The molecule has 2 aromatic carbocycles. The highest BCUT2D eigenvalue weighted by Gasteiger charge is 2.50. The number of hydrogen-bond donors (Lipinski definition) is 3. The van der Waals surface area contributed by atoms with Crippen LogP contribution in [0.2, 0.25) is 5.02 Å². The number of carbonyl (C=O) groups excluding carboxylic acids is 2. The quantitative estimate of drug-likeness (QED) is 0.164. The molecule has 2 atom stereocenters. The second-order valence-electron chi connectivity index (χ2n) is 11.8. The normalized spacial score (nSPS) is 18.6. The van der Waals surface area contributed by atoms with Gasteiger partial charge in [0.2, 0.25) is 5.91 Å². The summed E-state index contributed by atoms with van der Waals surface area (Å²) in [6.45, 7) is -0.429. The topological polar surface area (TPSA) is 137 Å². The van der Waals surface area contributed by atoms with Crippen LogP contribution in [-0.2, 0) is 15.8 Å². The molecule has 1 unspecified atom stereocenters. The fourth-order valence-electron chi connectivity index (χ4n) is 5.66. The number of pyridine rings is 2. The number of hydrogen-bond acceptors (Lipinski definition) is 7. The number of aryl methyl sites for hydroxylation is 1.